The van der Waals surface area contributed by atoms with Crippen LogP contribution in [-0.4, -0.2) is 25.4 Å². The topological polar surface area (TPSA) is 85.5 Å². The fraction of sp³-hybridized carbons (Fsp3) is 0.222. The van der Waals surface area contributed by atoms with Gasteiger partial charge >= 0.3 is 0 Å². The lowest BCUT2D eigenvalue weighted by Gasteiger charge is -2.04. The van der Waals surface area contributed by atoms with Crippen molar-refractivity contribution in [1.82, 2.24) is 19.6 Å². The van der Waals surface area contributed by atoms with Gasteiger partial charge in [0.1, 0.15) is 5.84 Å². The first-order chi connectivity index (χ1) is 7.50. The van der Waals surface area contributed by atoms with Crippen LogP contribution in [0.1, 0.15) is 11.3 Å². The highest BCUT2D eigenvalue weighted by molar-refractivity contribution is 6.30. The van der Waals surface area contributed by atoms with Crippen LogP contribution in [0, 0.1) is 12.3 Å². The van der Waals surface area contributed by atoms with Crippen LogP contribution >= 0.6 is 11.6 Å². The van der Waals surface area contributed by atoms with Crippen molar-refractivity contribution in [1.29, 1.82) is 5.41 Å². The van der Waals surface area contributed by atoms with E-state index in [-0.39, 0.29) is 5.84 Å². The molecule has 0 saturated carbocycles. The van der Waals surface area contributed by atoms with Crippen molar-refractivity contribution < 1.29 is 0 Å². The molecular weight excluding hydrogens is 228 g/mol. The predicted octanol–water partition coefficient (Wildman–Crippen LogP) is 0.852. The molecule has 0 atom stereocenters. The molecule has 2 rings (SSSR count). The molecule has 2 aromatic rings. The van der Waals surface area contributed by atoms with Gasteiger partial charge in [-0.05, 0) is 6.92 Å². The van der Waals surface area contributed by atoms with Crippen molar-refractivity contribution in [2.75, 3.05) is 0 Å². The van der Waals surface area contributed by atoms with Crippen molar-refractivity contribution in [3.63, 3.8) is 0 Å². The van der Waals surface area contributed by atoms with Gasteiger partial charge in [-0.15, -0.1) is 0 Å². The summed E-state index contributed by atoms with van der Waals surface area (Å²) in [6.45, 7) is 1.80. The van der Waals surface area contributed by atoms with Crippen LogP contribution in [0.3, 0.4) is 0 Å². The van der Waals surface area contributed by atoms with E-state index < -0.39 is 0 Å². The molecule has 2 aromatic heterocycles. The van der Waals surface area contributed by atoms with Crippen molar-refractivity contribution in [2.24, 2.45) is 12.8 Å². The van der Waals surface area contributed by atoms with Crippen LogP contribution < -0.4 is 5.73 Å². The number of halogens is 1. The van der Waals surface area contributed by atoms with Gasteiger partial charge in [0, 0.05) is 7.05 Å². The number of rotatable bonds is 2. The summed E-state index contributed by atoms with van der Waals surface area (Å²) in [5.41, 5.74) is 6.79. The molecule has 6 nitrogen and oxygen atoms in total. The first kappa shape index (κ1) is 10.7. The minimum absolute atomic E-state index is 0.0350. The van der Waals surface area contributed by atoms with E-state index in [0.29, 0.717) is 22.1 Å². The van der Waals surface area contributed by atoms with E-state index in [2.05, 4.69) is 10.2 Å². The van der Waals surface area contributed by atoms with Gasteiger partial charge in [-0.2, -0.15) is 10.2 Å². The number of nitrogens with one attached hydrogen (secondary N) is 1. The van der Waals surface area contributed by atoms with E-state index in [4.69, 9.17) is 22.7 Å². The molecule has 0 fully saturated rings. The van der Waals surface area contributed by atoms with E-state index in [1.54, 1.807) is 29.5 Å². The molecule has 0 unspecified atom stereocenters. The lowest BCUT2D eigenvalue weighted by atomic mass is 10.2. The number of nitrogens with two attached hydrogens (primary N) is 1. The smallest absolute Gasteiger partial charge is 0.163 e. The van der Waals surface area contributed by atoms with Gasteiger partial charge in [0.15, 0.2) is 5.82 Å². The van der Waals surface area contributed by atoms with Crippen molar-refractivity contribution >= 4 is 17.4 Å². The Kier molecular flexibility index (Phi) is 2.43. The first-order valence-corrected chi connectivity index (χ1v) is 4.97. The Morgan fingerprint density at radius 1 is 1.56 bits per heavy atom. The van der Waals surface area contributed by atoms with Gasteiger partial charge in [-0.3, -0.25) is 10.1 Å². The lowest BCUT2D eigenvalue weighted by molar-refractivity contribution is 0.693. The van der Waals surface area contributed by atoms with Crippen LogP contribution in [-0.2, 0) is 7.05 Å². The Balaban J connectivity index is 2.68. The number of nitrogens with zero attached hydrogens (tertiary/aromatic N) is 4. The minimum Gasteiger partial charge on any atom is -0.384 e. The maximum atomic E-state index is 7.54. The monoisotopic (exact) mass is 238 g/mol. The molecular formula is C9H11ClN6. The Morgan fingerprint density at radius 2 is 2.25 bits per heavy atom. The molecule has 0 aromatic carbocycles. The summed E-state index contributed by atoms with van der Waals surface area (Å²) in [4.78, 5) is 0. The second-order valence-electron chi connectivity index (χ2n) is 3.42. The van der Waals surface area contributed by atoms with Gasteiger partial charge in [-0.1, -0.05) is 11.6 Å². The fourth-order valence-electron chi connectivity index (χ4n) is 1.64. The van der Waals surface area contributed by atoms with E-state index >= 15 is 0 Å². The molecule has 0 aliphatic carbocycles. The lowest BCUT2D eigenvalue weighted by Crippen LogP contribution is -2.16. The number of hydrogen-bond acceptors (Lipinski definition) is 3. The quantitative estimate of drug-likeness (QED) is 0.601. The average molecular weight is 239 g/mol. The number of aryl methyl sites for hydroxylation is 2. The first-order valence-electron chi connectivity index (χ1n) is 4.59. The molecule has 2 heterocycles. The Hall–Kier alpha value is -1.82. The van der Waals surface area contributed by atoms with Gasteiger partial charge in [0.2, 0.25) is 0 Å². The molecule has 7 heteroatoms. The molecule has 16 heavy (non-hydrogen) atoms. The van der Waals surface area contributed by atoms with E-state index in [1.165, 1.54) is 6.20 Å². The Morgan fingerprint density at radius 3 is 2.75 bits per heavy atom. The second-order valence-corrected chi connectivity index (χ2v) is 3.86. The fourth-order valence-corrected chi connectivity index (χ4v) is 1.78. The Labute approximate surface area is 97.1 Å². The zero-order valence-electron chi connectivity index (χ0n) is 8.90. The summed E-state index contributed by atoms with van der Waals surface area (Å²) in [5.74, 6) is 0.601. The van der Waals surface area contributed by atoms with Crippen molar-refractivity contribution in [3.8, 4) is 5.82 Å². The number of hydrogen-bond donors (Lipinski definition) is 2. The average Bonchev–Trinajstić information content (AvgIpc) is 2.69. The molecule has 0 aliphatic rings. The third kappa shape index (κ3) is 1.57. The molecule has 0 bridgehead atoms. The summed E-state index contributed by atoms with van der Waals surface area (Å²) in [6, 6.07) is 0. The largest absolute Gasteiger partial charge is 0.384 e. The highest BCUT2D eigenvalue weighted by atomic mass is 35.5. The third-order valence-electron chi connectivity index (χ3n) is 2.23. The zero-order valence-corrected chi connectivity index (χ0v) is 9.65. The van der Waals surface area contributed by atoms with Crippen molar-refractivity contribution in [2.45, 2.75) is 6.92 Å². The second kappa shape index (κ2) is 3.64. The SMILES string of the molecule is Cc1nn(C)c(-n2cc(Cl)cn2)c1C(=N)N. The summed E-state index contributed by atoms with van der Waals surface area (Å²) in [5, 5.41) is 16.3. The van der Waals surface area contributed by atoms with Gasteiger partial charge in [0.05, 0.1) is 28.7 Å². The molecule has 84 valence electrons. The number of amidine groups is 1. The van der Waals surface area contributed by atoms with E-state index in [0.717, 1.165) is 0 Å². The maximum absolute atomic E-state index is 7.54. The van der Waals surface area contributed by atoms with E-state index in [1.807, 2.05) is 0 Å². The third-order valence-corrected chi connectivity index (χ3v) is 2.42. The summed E-state index contributed by atoms with van der Waals surface area (Å²) in [6.07, 6.45) is 3.16. The highest BCUT2D eigenvalue weighted by Crippen LogP contribution is 2.18. The van der Waals surface area contributed by atoms with Crippen LogP contribution in [0.5, 0.6) is 0 Å². The standard InChI is InChI=1S/C9H11ClN6/c1-5-7(8(11)12)9(15(2)14-5)16-4-6(10)3-13-16/h3-4H,1-2H3,(H3,11,12). The van der Waals surface area contributed by atoms with Crippen LogP contribution in [0.25, 0.3) is 5.82 Å². The summed E-state index contributed by atoms with van der Waals surface area (Å²) >= 11 is 5.80. The number of aromatic nitrogens is 4. The predicted molar refractivity (Wildman–Crippen MR) is 61.1 cm³/mol. The molecule has 0 amide bonds. The minimum atomic E-state index is -0.0350. The summed E-state index contributed by atoms with van der Waals surface area (Å²) in [7, 11) is 1.77. The highest BCUT2D eigenvalue weighted by Gasteiger charge is 2.17. The van der Waals surface area contributed by atoms with E-state index in [9.17, 15) is 0 Å². The van der Waals surface area contributed by atoms with Gasteiger partial charge < -0.3 is 5.73 Å². The molecule has 0 spiro atoms. The summed E-state index contributed by atoms with van der Waals surface area (Å²) < 4.78 is 3.18. The molecule has 0 saturated heterocycles. The molecule has 0 aliphatic heterocycles. The number of nitrogen functional groups attached to an aromatic ring is 1. The van der Waals surface area contributed by atoms with Crippen LogP contribution in [0.15, 0.2) is 12.4 Å². The van der Waals surface area contributed by atoms with Gasteiger partial charge in [0.25, 0.3) is 0 Å². The Bertz CT molecular complexity index is 552. The van der Waals surface area contributed by atoms with Crippen LogP contribution in [0.2, 0.25) is 5.02 Å². The van der Waals surface area contributed by atoms with Gasteiger partial charge in [-0.25, -0.2) is 4.68 Å². The normalized spacial score (nSPS) is 10.7. The zero-order chi connectivity index (χ0) is 11.9. The van der Waals surface area contributed by atoms with Crippen molar-refractivity contribution in [3.05, 3.63) is 28.7 Å². The molecule has 3 N–H and O–H groups in total. The maximum Gasteiger partial charge on any atom is 0.163 e. The molecule has 0 radical (unpaired) electrons. The van der Waals surface area contributed by atoms with Crippen LogP contribution in [0.4, 0.5) is 0 Å².